The van der Waals surface area contributed by atoms with Gasteiger partial charge in [0.05, 0.1) is 29.7 Å². The van der Waals surface area contributed by atoms with Gasteiger partial charge in [0.1, 0.15) is 4.88 Å². The Hall–Kier alpha value is -1.62. The summed E-state index contributed by atoms with van der Waals surface area (Å²) in [6, 6.07) is 3.64. The second-order valence-electron chi connectivity index (χ2n) is 2.85. The highest BCUT2D eigenvalue weighted by Gasteiger charge is 2.11. The number of carbonyl (C=O) groups is 1. The van der Waals surface area contributed by atoms with Crippen LogP contribution < -0.4 is 0 Å². The number of hydrogen-bond donors (Lipinski definition) is 1. The third-order valence-electron chi connectivity index (χ3n) is 1.85. The van der Waals surface area contributed by atoms with Crippen LogP contribution in [-0.4, -0.2) is 22.5 Å². The SMILES string of the molecule is CCOC(=O)c1ccc(-c2cnc[nH]2)s1. The summed E-state index contributed by atoms with van der Waals surface area (Å²) in [7, 11) is 0. The molecule has 0 fully saturated rings. The lowest BCUT2D eigenvalue weighted by molar-refractivity contribution is 0.0532. The van der Waals surface area contributed by atoms with E-state index in [2.05, 4.69) is 9.97 Å². The number of carbonyl (C=O) groups excluding carboxylic acids is 1. The number of thiophene rings is 1. The molecule has 0 saturated heterocycles. The molecule has 0 bridgehead atoms. The van der Waals surface area contributed by atoms with Crippen LogP contribution in [0.1, 0.15) is 16.6 Å². The van der Waals surface area contributed by atoms with E-state index < -0.39 is 0 Å². The Balaban J connectivity index is 2.21. The number of ether oxygens (including phenoxy) is 1. The maximum Gasteiger partial charge on any atom is 0.348 e. The maximum atomic E-state index is 11.4. The first-order chi connectivity index (χ1) is 7.31. The molecule has 4 nitrogen and oxygen atoms in total. The zero-order chi connectivity index (χ0) is 10.7. The van der Waals surface area contributed by atoms with E-state index in [1.54, 1.807) is 25.5 Å². The minimum atomic E-state index is -0.270. The lowest BCUT2D eigenvalue weighted by atomic mass is 10.3. The summed E-state index contributed by atoms with van der Waals surface area (Å²) in [6.45, 7) is 2.19. The number of nitrogens with one attached hydrogen (secondary N) is 1. The van der Waals surface area contributed by atoms with Crippen molar-refractivity contribution in [2.45, 2.75) is 6.92 Å². The summed E-state index contributed by atoms with van der Waals surface area (Å²) in [6.07, 6.45) is 3.33. The average Bonchev–Trinajstić information content (AvgIpc) is 2.89. The Labute approximate surface area is 90.9 Å². The van der Waals surface area contributed by atoms with Crippen molar-refractivity contribution in [2.75, 3.05) is 6.61 Å². The van der Waals surface area contributed by atoms with Crippen LogP contribution in [0.25, 0.3) is 10.6 Å². The lowest BCUT2D eigenvalue weighted by Crippen LogP contribution is -2.01. The molecule has 0 saturated carbocycles. The molecule has 0 aliphatic heterocycles. The van der Waals surface area contributed by atoms with Crippen LogP contribution in [0, 0.1) is 0 Å². The van der Waals surface area contributed by atoms with E-state index in [9.17, 15) is 4.79 Å². The minimum Gasteiger partial charge on any atom is -0.462 e. The van der Waals surface area contributed by atoms with Crippen molar-refractivity contribution in [3.05, 3.63) is 29.5 Å². The summed E-state index contributed by atoms with van der Waals surface area (Å²) < 4.78 is 4.90. The quantitative estimate of drug-likeness (QED) is 0.811. The lowest BCUT2D eigenvalue weighted by Gasteiger charge is -1.96. The normalized spacial score (nSPS) is 10.2. The van der Waals surface area contributed by atoms with Gasteiger partial charge in [-0.25, -0.2) is 9.78 Å². The van der Waals surface area contributed by atoms with E-state index in [0.717, 1.165) is 10.6 Å². The Bertz CT molecular complexity index is 448. The van der Waals surface area contributed by atoms with Crippen LogP contribution in [0.5, 0.6) is 0 Å². The molecule has 0 atom stereocenters. The number of imidazole rings is 1. The van der Waals surface area contributed by atoms with E-state index >= 15 is 0 Å². The molecule has 0 amide bonds. The second kappa shape index (κ2) is 4.27. The number of aromatic nitrogens is 2. The van der Waals surface area contributed by atoms with Gasteiger partial charge in [-0.1, -0.05) is 0 Å². The summed E-state index contributed by atoms with van der Waals surface area (Å²) in [5.41, 5.74) is 0.913. The van der Waals surface area contributed by atoms with Gasteiger partial charge in [0.2, 0.25) is 0 Å². The Morgan fingerprint density at radius 3 is 3.13 bits per heavy atom. The fourth-order valence-corrected chi connectivity index (χ4v) is 2.06. The van der Waals surface area contributed by atoms with Crippen LogP contribution in [0.3, 0.4) is 0 Å². The van der Waals surface area contributed by atoms with Crippen LogP contribution in [0.2, 0.25) is 0 Å². The standard InChI is InChI=1S/C10H10N2O2S/c1-2-14-10(13)9-4-3-8(15-9)7-5-11-6-12-7/h3-6H,2H2,1H3,(H,11,12). The van der Waals surface area contributed by atoms with Gasteiger partial charge in [-0.3, -0.25) is 0 Å². The first-order valence-corrected chi connectivity index (χ1v) is 5.38. The first-order valence-electron chi connectivity index (χ1n) is 4.57. The predicted octanol–water partition coefficient (Wildman–Crippen LogP) is 2.31. The van der Waals surface area contributed by atoms with Crippen LogP contribution in [-0.2, 0) is 4.74 Å². The van der Waals surface area contributed by atoms with Gasteiger partial charge >= 0.3 is 5.97 Å². The number of nitrogens with zero attached hydrogens (tertiary/aromatic N) is 1. The van der Waals surface area contributed by atoms with Gasteiger partial charge in [-0.2, -0.15) is 0 Å². The minimum absolute atomic E-state index is 0.270. The number of esters is 1. The van der Waals surface area contributed by atoms with Gasteiger partial charge < -0.3 is 9.72 Å². The zero-order valence-electron chi connectivity index (χ0n) is 8.19. The average molecular weight is 222 g/mol. The van der Waals surface area contributed by atoms with Crippen LogP contribution in [0.4, 0.5) is 0 Å². The number of H-pyrrole nitrogens is 1. The monoisotopic (exact) mass is 222 g/mol. The molecule has 0 spiro atoms. The topological polar surface area (TPSA) is 55.0 Å². The molecule has 0 unspecified atom stereocenters. The van der Waals surface area contributed by atoms with Gasteiger partial charge in [0.15, 0.2) is 0 Å². The molecule has 2 aromatic rings. The van der Waals surface area contributed by atoms with Crippen LogP contribution in [0.15, 0.2) is 24.7 Å². The molecular formula is C10H10N2O2S. The molecule has 0 radical (unpaired) electrons. The third kappa shape index (κ3) is 2.07. The van der Waals surface area contributed by atoms with Gasteiger partial charge in [-0.15, -0.1) is 11.3 Å². The number of aromatic amines is 1. The summed E-state index contributed by atoms with van der Waals surface area (Å²) in [4.78, 5) is 19.9. The van der Waals surface area contributed by atoms with Gasteiger partial charge in [-0.05, 0) is 19.1 Å². The molecule has 2 aromatic heterocycles. The van der Waals surface area contributed by atoms with Gasteiger partial charge in [0.25, 0.3) is 0 Å². The van der Waals surface area contributed by atoms with E-state index in [0.29, 0.717) is 11.5 Å². The molecule has 5 heteroatoms. The Morgan fingerprint density at radius 1 is 1.60 bits per heavy atom. The Morgan fingerprint density at radius 2 is 2.47 bits per heavy atom. The maximum absolute atomic E-state index is 11.4. The molecule has 0 aliphatic carbocycles. The highest BCUT2D eigenvalue weighted by Crippen LogP contribution is 2.26. The van der Waals surface area contributed by atoms with Crippen molar-refractivity contribution >= 4 is 17.3 Å². The van der Waals surface area contributed by atoms with E-state index in [-0.39, 0.29) is 5.97 Å². The number of hydrogen-bond acceptors (Lipinski definition) is 4. The summed E-state index contributed by atoms with van der Waals surface area (Å²) in [5, 5.41) is 0. The fourth-order valence-electron chi connectivity index (χ4n) is 1.19. The Kier molecular flexibility index (Phi) is 2.82. The van der Waals surface area contributed by atoms with E-state index in [1.807, 2.05) is 6.07 Å². The summed E-state index contributed by atoms with van der Waals surface area (Å²) in [5.74, 6) is -0.270. The van der Waals surface area contributed by atoms with Crippen molar-refractivity contribution in [2.24, 2.45) is 0 Å². The highest BCUT2D eigenvalue weighted by atomic mass is 32.1. The van der Waals surface area contributed by atoms with Crippen molar-refractivity contribution in [3.8, 4) is 10.6 Å². The molecule has 1 N–H and O–H groups in total. The largest absolute Gasteiger partial charge is 0.462 e. The predicted molar refractivity (Wildman–Crippen MR) is 57.9 cm³/mol. The molecule has 2 heterocycles. The van der Waals surface area contributed by atoms with Crippen molar-refractivity contribution in [3.63, 3.8) is 0 Å². The fraction of sp³-hybridized carbons (Fsp3) is 0.200. The van der Waals surface area contributed by atoms with Crippen molar-refractivity contribution < 1.29 is 9.53 Å². The van der Waals surface area contributed by atoms with E-state index in [4.69, 9.17) is 4.74 Å². The molecule has 2 rings (SSSR count). The highest BCUT2D eigenvalue weighted by molar-refractivity contribution is 7.17. The van der Waals surface area contributed by atoms with Crippen molar-refractivity contribution in [1.82, 2.24) is 9.97 Å². The molecular weight excluding hydrogens is 212 g/mol. The molecule has 15 heavy (non-hydrogen) atoms. The first kappa shape index (κ1) is 9.92. The second-order valence-corrected chi connectivity index (χ2v) is 3.93. The number of rotatable bonds is 3. The smallest absolute Gasteiger partial charge is 0.348 e. The molecule has 0 aliphatic rings. The van der Waals surface area contributed by atoms with Crippen LogP contribution >= 0.6 is 11.3 Å². The molecule has 0 aromatic carbocycles. The van der Waals surface area contributed by atoms with Gasteiger partial charge in [0, 0.05) is 0 Å². The molecule has 78 valence electrons. The van der Waals surface area contributed by atoms with Crippen molar-refractivity contribution in [1.29, 1.82) is 0 Å². The third-order valence-corrected chi connectivity index (χ3v) is 2.94. The summed E-state index contributed by atoms with van der Waals surface area (Å²) >= 11 is 1.39. The zero-order valence-corrected chi connectivity index (χ0v) is 9.00. The van der Waals surface area contributed by atoms with E-state index in [1.165, 1.54) is 11.3 Å².